The van der Waals surface area contributed by atoms with Gasteiger partial charge < -0.3 is 0 Å². The molecule has 0 aromatic heterocycles. The predicted octanol–water partition coefficient (Wildman–Crippen LogP) is 8.23. The number of hydrogen-bond donors (Lipinski definition) is 0. The summed E-state index contributed by atoms with van der Waals surface area (Å²) in [6.07, 6.45) is 15.6. The summed E-state index contributed by atoms with van der Waals surface area (Å²) in [5.41, 5.74) is 8.29. The van der Waals surface area contributed by atoms with Gasteiger partial charge in [-0.15, -0.1) is 0 Å². The molecule has 1 fully saturated rings. The van der Waals surface area contributed by atoms with Gasteiger partial charge in [-0.25, -0.2) is 0 Å². The summed E-state index contributed by atoms with van der Waals surface area (Å²) in [6.45, 7) is 9.73. The molecule has 0 spiro atoms. The van der Waals surface area contributed by atoms with E-state index in [4.69, 9.17) is 17.2 Å². The minimum absolute atomic E-state index is 0.0479. The third-order valence-corrected chi connectivity index (χ3v) is 17.8. The van der Waals surface area contributed by atoms with Crippen molar-refractivity contribution in [3.05, 3.63) is 46.1 Å². The first-order valence-corrected chi connectivity index (χ1v) is 21.1. The first-order chi connectivity index (χ1) is 12.4. The van der Waals surface area contributed by atoms with E-state index in [1.165, 1.54) is 37.7 Å². The second-order valence-corrected chi connectivity index (χ2v) is 21.6. The summed E-state index contributed by atoms with van der Waals surface area (Å²) >= 11 is -2.86. The monoisotopic (exact) mass is 557 g/mol. The van der Waals surface area contributed by atoms with Gasteiger partial charge in [0.25, 0.3) is 0 Å². The normalized spacial score (nSPS) is 35.1. The second-order valence-electron chi connectivity index (χ2n) is 9.25. The average Bonchev–Trinajstić information content (AvgIpc) is 3.11. The molecule has 0 N–H and O–H groups in total. The molecule has 0 bridgehead atoms. The number of halogens is 2. The van der Waals surface area contributed by atoms with Crippen LogP contribution in [-0.4, -0.2) is 0 Å². The summed E-state index contributed by atoms with van der Waals surface area (Å²) < 4.78 is -0.0479. The Morgan fingerprint density at radius 2 is 1.96 bits per heavy atom. The Morgan fingerprint density at radius 3 is 2.50 bits per heavy atom. The minimum atomic E-state index is -2.86. The van der Waals surface area contributed by atoms with Crippen molar-refractivity contribution >= 4 is 17.2 Å². The van der Waals surface area contributed by atoms with Crippen molar-refractivity contribution in [2.45, 2.75) is 75.8 Å². The van der Waals surface area contributed by atoms with Crippen LogP contribution < -0.4 is 0 Å². The molecular weight excluding hydrogens is 526 g/mol. The molecule has 0 aromatic carbocycles. The molecule has 3 heteroatoms. The van der Waals surface area contributed by atoms with Crippen molar-refractivity contribution < 1.29 is 19.1 Å². The molecule has 0 amide bonds. The molecule has 0 aromatic rings. The zero-order valence-corrected chi connectivity index (χ0v) is 21.7. The standard InChI is InChI=1S/C23H31.2ClH.Hf/c1-5-8-18-15(2)22-19(21(18)17-9-6-7-10-17)13-11-16-12-14-20(16)23(22,3)4;;;/h6-7,9,16,20H,5,8,10-14H2,1-4H3;2*1H;/q;;;+2/p-2. The van der Waals surface area contributed by atoms with E-state index >= 15 is 0 Å². The average molecular weight is 557 g/mol. The third-order valence-electron chi connectivity index (χ3n) is 7.83. The van der Waals surface area contributed by atoms with E-state index in [1.54, 1.807) is 22.3 Å². The van der Waals surface area contributed by atoms with E-state index in [2.05, 4.69) is 45.9 Å². The van der Waals surface area contributed by atoms with Gasteiger partial charge in [0.1, 0.15) is 0 Å². The number of rotatable bonds is 4. The van der Waals surface area contributed by atoms with Crippen LogP contribution in [0.4, 0.5) is 0 Å². The van der Waals surface area contributed by atoms with Crippen LogP contribution in [-0.2, 0) is 19.1 Å². The van der Waals surface area contributed by atoms with Crippen molar-refractivity contribution in [3.8, 4) is 0 Å². The van der Waals surface area contributed by atoms with Gasteiger partial charge in [-0.2, -0.15) is 0 Å². The maximum absolute atomic E-state index is 7.11. The van der Waals surface area contributed by atoms with Gasteiger partial charge in [0, 0.05) is 0 Å². The molecule has 4 rings (SSSR count). The maximum atomic E-state index is 7.11. The van der Waals surface area contributed by atoms with Gasteiger partial charge in [0.2, 0.25) is 0 Å². The fraction of sp³-hybridized carbons (Fsp3) is 0.652. The van der Waals surface area contributed by atoms with Gasteiger partial charge in [-0.05, 0) is 0 Å². The van der Waals surface area contributed by atoms with Crippen LogP contribution in [0.15, 0.2) is 46.1 Å². The molecule has 0 saturated heterocycles. The van der Waals surface area contributed by atoms with Gasteiger partial charge in [0.15, 0.2) is 0 Å². The summed E-state index contributed by atoms with van der Waals surface area (Å²) in [5.74, 6) is 1.75. The van der Waals surface area contributed by atoms with Gasteiger partial charge in [-0.3, -0.25) is 0 Å². The van der Waals surface area contributed by atoms with Crippen LogP contribution in [0.1, 0.15) is 72.6 Å². The van der Waals surface area contributed by atoms with E-state index in [0.29, 0.717) is 0 Å². The van der Waals surface area contributed by atoms with Gasteiger partial charge in [-0.1, -0.05) is 0 Å². The van der Waals surface area contributed by atoms with Crippen molar-refractivity contribution in [2.75, 3.05) is 0 Å². The van der Waals surface area contributed by atoms with Crippen LogP contribution in [0.2, 0.25) is 3.17 Å². The summed E-state index contributed by atoms with van der Waals surface area (Å²) in [5, 5.41) is 0. The van der Waals surface area contributed by atoms with E-state index in [-0.39, 0.29) is 8.59 Å². The molecule has 26 heavy (non-hydrogen) atoms. The second kappa shape index (κ2) is 7.03. The Balaban J connectivity index is 1.97. The fourth-order valence-electron chi connectivity index (χ4n) is 6.68. The zero-order valence-electron chi connectivity index (χ0n) is 16.6. The van der Waals surface area contributed by atoms with E-state index < -0.39 is 19.1 Å². The molecule has 4 aliphatic carbocycles. The van der Waals surface area contributed by atoms with E-state index in [1.807, 2.05) is 0 Å². The SMILES string of the molecule is CCCC1=C(C)C2=C(CCC3CCC3C2(C)C)[C]1(C1=CC=CC1)[Hf]([Cl])[Cl]. The van der Waals surface area contributed by atoms with Crippen molar-refractivity contribution in [3.63, 3.8) is 0 Å². The summed E-state index contributed by atoms with van der Waals surface area (Å²) in [6, 6.07) is 0. The van der Waals surface area contributed by atoms with Crippen molar-refractivity contribution in [2.24, 2.45) is 17.3 Å². The van der Waals surface area contributed by atoms with Crippen LogP contribution in [0.25, 0.3) is 0 Å². The van der Waals surface area contributed by atoms with Gasteiger partial charge in [0.05, 0.1) is 0 Å². The molecule has 1 saturated carbocycles. The summed E-state index contributed by atoms with van der Waals surface area (Å²) in [4.78, 5) is 0. The molecule has 3 unspecified atom stereocenters. The number of fused-ring (bicyclic) bond motifs is 1. The zero-order chi connectivity index (χ0) is 18.7. The number of hydrogen-bond acceptors (Lipinski definition) is 0. The Morgan fingerprint density at radius 1 is 1.19 bits per heavy atom. The van der Waals surface area contributed by atoms with Crippen LogP contribution in [0.3, 0.4) is 0 Å². The molecule has 0 heterocycles. The summed E-state index contributed by atoms with van der Waals surface area (Å²) in [7, 11) is 14.2. The Bertz CT molecular complexity index is 737. The fourth-order valence-corrected chi connectivity index (χ4v) is 17.6. The Kier molecular flexibility index (Phi) is 5.33. The third kappa shape index (κ3) is 2.55. The van der Waals surface area contributed by atoms with Crippen LogP contribution in [0.5, 0.6) is 0 Å². The van der Waals surface area contributed by atoms with Crippen LogP contribution >= 0.6 is 17.2 Å². The van der Waals surface area contributed by atoms with Crippen LogP contribution in [0, 0.1) is 17.3 Å². The molecule has 4 aliphatic rings. The number of allylic oxidation sites excluding steroid dienone is 8. The van der Waals surface area contributed by atoms with E-state index in [0.717, 1.165) is 24.7 Å². The van der Waals surface area contributed by atoms with Crippen molar-refractivity contribution in [1.29, 1.82) is 0 Å². The molecule has 0 nitrogen and oxygen atoms in total. The molecule has 0 radical (unpaired) electrons. The predicted molar refractivity (Wildman–Crippen MR) is 110 cm³/mol. The first-order valence-electron chi connectivity index (χ1n) is 10.4. The Hall–Kier alpha value is 0.410. The molecular formula is C23H31Cl2Hf. The van der Waals surface area contributed by atoms with Crippen molar-refractivity contribution in [1.82, 2.24) is 0 Å². The molecule has 141 valence electrons. The van der Waals surface area contributed by atoms with Gasteiger partial charge >= 0.3 is 175 Å². The topological polar surface area (TPSA) is 0 Å². The Labute approximate surface area is 174 Å². The van der Waals surface area contributed by atoms with E-state index in [9.17, 15) is 0 Å². The quantitative estimate of drug-likeness (QED) is 0.306. The molecule has 3 atom stereocenters. The first kappa shape index (κ1) is 19.7. The molecule has 0 aliphatic heterocycles.